The first-order valence-corrected chi connectivity index (χ1v) is 11.7. The summed E-state index contributed by atoms with van der Waals surface area (Å²) in [7, 11) is 0. The predicted molar refractivity (Wildman–Crippen MR) is 141 cm³/mol. The van der Waals surface area contributed by atoms with Crippen molar-refractivity contribution in [2.75, 3.05) is 23.3 Å². The van der Waals surface area contributed by atoms with Crippen LogP contribution in [0.2, 0.25) is 0 Å². The van der Waals surface area contributed by atoms with Gasteiger partial charge >= 0.3 is 0 Å². The molecule has 6 rings (SSSR count). The number of aromatic nitrogens is 3. The molecule has 0 spiro atoms. The molecular formula is C27H26ClN7. The van der Waals surface area contributed by atoms with Gasteiger partial charge in [0.05, 0.1) is 17.3 Å². The van der Waals surface area contributed by atoms with Gasteiger partial charge in [-0.15, -0.1) is 12.4 Å². The molecule has 0 bridgehead atoms. The Morgan fingerprint density at radius 2 is 1.83 bits per heavy atom. The lowest BCUT2D eigenvalue weighted by atomic mass is 10.0. The largest absolute Gasteiger partial charge is 0.354 e. The van der Waals surface area contributed by atoms with E-state index in [4.69, 9.17) is 15.7 Å². The highest BCUT2D eigenvalue weighted by atomic mass is 35.5. The van der Waals surface area contributed by atoms with E-state index in [9.17, 15) is 5.26 Å². The third-order valence-corrected chi connectivity index (χ3v) is 6.61. The molecule has 4 aromatic rings. The second-order valence-electron chi connectivity index (χ2n) is 9.18. The summed E-state index contributed by atoms with van der Waals surface area (Å²) in [4.78, 5) is 16.3. The van der Waals surface area contributed by atoms with Gasteiger partial charge in [-0.3, -0.25) is 0 Å². The molecule has 3 N–H and O–H groups in total. The van der Waals surface area contributed by atoms with E-state index in [1.165, 1.54) is 18.4 Å². The summed E-state index contributed by atoms with van der Waals surface area (Å²) in [6.45, 7) is 1.75. The molecule has 8 heteroatoms. The molecule has 3 aromatic heterocycles. The topological polar surface area (TPSA) is 104 Å². The Bertz CT molecular complexity index is 1430. The van der Waals surface area contributed by atoms with Crippen LogP contribution in [0.15, 0.2) is 60.9 Å². The van der Waals surface area contributed by atoms with Crippen molar-refractivity contribution in [1.82, 2.24) is 15.0 Å². The summed E-state index contributed by atoms with van der Waals surface area (Å²) < 4.78 is 0. The van der Waals surface area contributed by atoms with E-state index < -0.39 is 0 Å². The summed E-state index contributed by atoms with van der Waals surface area (Å²) in [5, 5.41) is 14.8. The fraction of sp³-hybridized carbons (Fsp3) is 0.259. The summed E-state index contributed by atoms with van der Waals surface area (Å²) in [6, 6.07) is 18.6. The maximum atomic E-state index is 9.21. The number of hydrogen-bond donors (Lipinski definition) is 2. The average molecular weight is 484 g/mol. The molecule has 1 saturated heterocycles. The molecule has 1 aliphatic heterocycles. The first kappa shape index (κ1) is 23.0. The zero-order valence-electron chi connectivity index (χ0n) is 19.2. The number of rotatable bonds is 5. The summed E-state index contributed by atoms with van der Waals surface area (Å²) >= 11 is 0. The van der Waals surface area contributed by atoms with Gasteiger partial charge in [0.1, 0.15) is 17.5 Å². The fourth-order valence-corrected chi connectivity index (χ4v) is 4.66. The third-order valence-electron chi connectivity index (χ3n) is 6.61. The standard InChI is InChI=1S/C27H25N7.ClH/c28-15-17-5-8-30-25(11-17)33-26-14-21(18-1-2-18)13-24(32-26)20-4-3-19-6-9-31-27(23(19)12-20)34-10-7-22(29)16-34;/h3-6,8-9,11-14,18,22H,1-2,7,10,16,29H2,(H,30,32,33);1H/t22-;/m1./s1. The number of halogens is 1. The lowest BCUT2D eigenvalue weighted by Crippen LogP contribution is -2.26. The molecule has 0 amide bonds. The van der Waals surface area contributed by atoms with Gasteiger partial charge in [-0.25, -0.2) is 15.0 Å². The van der Waals surface area contributed by atoms with Gasteiger partial charge in [0, 0.05) is 42.5 Å². The highest BCUT2D eigenvalue weighted by Crippen LogP contribution is 2.42. The second kappa shape index (κ2) is 9.49. The quantitative estimate of drug-likeness (QED) is 0.404. The van der Waals surface area contributed by atoms with Crippen LogP contribution in [0.5, 0.6) is 0 Å². The number of nitrogens with zero attached hydrogens (tertiary/aromatic N) is 5. The third kappa shape index (κ3) is 4.76. The number of pyridine rings is 3. The van der Waals surface area contributed by atoms with E-state index in [2.05, 4.69) is 51.6 Å². The fourth-order valence-electron chi connectivity index (χ4n) is 4.66. The zero-order valence-corrected chi connectivity index (χ0v) is 20.0. The van der Waals surface area contributed by atoms with E-state index in [1.807, 2.05) is 12.3 Å². The van der Waals surface area contributed by atoms with Crippen LogP contribution in [-0.2, 0) is 0 Å². The van der Waals surface area contributed by atoms with Gasteiger partial charge in [-0.05, 0) is 72.5 Å². The summed E-state index contributed by atoms with van der Waals surface area (Å²) in [6.07, 6.45) is 6.89. The molecule has 2 fully saturated rings. The van der Waals surface area contributed by atoms with Crippen LogP contribution in [-0.4, -0.2) is 34.1 Å². The maximum Gasteiger partial charge on any atom is 0.136 e. The van der Waals surface area contributed by atoms with Crippen LogP contribution in [0, 0.1) is 11.3 Å². The SMILES string of the molecule is Cl.N#Cc1ccnc(Nc2cc(C3CC3)cc(-c3ccc4ccnc(N5CC[C@@H](N)C5)c4c3)n2)c1. The highest BCUT2D eigenvalue weighted by Gasteiger charge is 2.25. The van der Waals surface area contributed by atoms with Crippen molar-refractivity contribution < 1.29 is 0 Å². The van der Waals surface area contributed by atoms with Crippen molar-refractivity contribution in [3.63, 3.8) is 0 Å². The number of anilines is 3. The van der Waals surface area contributed by atoms with Crippen LogP contribution in [0.3, 0.4) is 0 Å². The molecule has 4 heterocycles. The molecule has 35 heavy (non-hydrogen) atoms. The van der Waals surface area contributed by atoms with Crippen LogP contribution < -0.4 is 16.0 Å². The van der Waals surface area contributed by atoms with Gasteiger partial charge in [0.2, 0.25) is 0 Å². The minimum absolute atomic E-state index is 0. The van der Waals surface area contributed by atoms with E-state index in [1.54, 1.807) is 18.3 Å². The van der Waals surface area contributed by atoms with Crippen LogP contribution in [0.1, 0.15) is 36.3 Å². The summed E-state index contributed by atoms with van der Waals surface area (Å²) in [5.74, 6) is 2.91. The van der Waals surface area contributed by atoms with Crippen LogP contribution in [0.25, 0.3) is 22.0 Å². The molecule has 176 valence electrons. The lowest BCUT2D eigenvalue weighted by molar-refractivity contribution is 0.751. The molecular weight excluding hydrogens is 458 g/mol. The van der Waals surface area contributed by atoms with Gasteiger partial charge < -0.3 is 16.0 Å². The number of hydrogen-bond acceptors (Lipinski definition) is 7. The van der Waals surface area contributed by atoms with Gasteiger partial charge in [-0.2, -0.15) is 5.26 Å². The average Bonchev–Trinajstić information content (AvgIpc) is 3.64. The normalized spacial score (nSPS) is 17.1. The van der Waals surface area contributed by atoms with Crippen LogP contribution >= 0.6 is 12.4 Å². The van der Waals surface area contributed by atoms with Gasteiger partial charge in [-0.1, -0.05) is 12.1 Å². The van der Waals surface area contributed by atoms with Crippen LogP contribution in [0.4, 0.5) is 17.5 Å². The zero-order chi connectivity index (χ0) is 23.1. The van der Waals surface area contributed by atoms with E-state index in [-0.39, 0.29) is 18.4 Å². The minimum Gasteiger partial charge on any atom is -0.354 e. The smallest absolute Gasteiger partial charge is 0.136 e. The monoisotopic (exact) mass is 483 g/mol. The minimum atomic E-state index is 0. The number of nitriles is 1. The van der Waals surface area contributed by atoms with Crippen molar-refractivity contribution in [1.29, 1.82) is 5.26 Å². The predicted octanol–water partition coefficient (Wildman–Crippen LogP) is 5.14. The molecule has 0 unspecified atom stereocenters. The Balaban J connectivity index is 0.00000253. The van der Waals surface area contributed by atoms with Crippen molar-refractivity contribution in [2.24, 2.45) is 5.73 Å². The Morgan fingerprint density at radius 3 is 2.60 bits per heavy atom. The maximum absolute atomic E-state index is 9.21. The number of nitrogens with one attached hydrogen (secondary N) is 1. The molecule has 1 saturated carbocycles. The molecule has 1 aromatic carbocycles. The Labute approximate surface area is 210 Å². The summed E-state index contributed by atoms with van der Waals surface area (Å²) in [5.41, 5.74) is 9.97. The van der Waals surface area contributed by atoms with Crippen molar-refractivity contribution in [3.8, 4) is 17.3 Å². The molecule has 1 aliphatic carbocycles. The molecule has 7 nitrogen and oxygen atoms in total. The first-order valence-electron chi connectivity index (χ1n) is 11.7. The van der Waals surface area contributed by atoms with Crippen molar-refractivity contribution >= 4 is 40.6 Å². The first-order chi connectivity index (χ1) is 16.7. The molecule has 1 atom stereocenters. The number of benzene rings is 1. The number of nitrogens with two attached hydrogens (primary N) is 1. The van der Waals surface area contributed by atoms with E-state index >= 15 is 0 Å². The lowest BCUT2D eigenvalue weighted by Gasteiger charge is -2.19. The molecule has 2 aliphatic rings. The van der Waals surface area contributed by atoms with E-state index in [0.29, 0.717) is 17.3 Å². The Kier molecular flexibility index (Phi) is 6.25. The van der Waals surface area contributed by atoms with Gasteiger partial charge in [0.25, 0.3) is 0 Å². The Hall–Kier alpha value is -3.73. The highest BCUT2D eigenvalue weighted by molar-refractivity contribution is 5.95. The Morgan fingerprint density at radius 1 is 0.971 bits per heavy atom. The van der Waals surface area contributed by atoms with E-state index in [0.717, 1.165) is 53.2 Å². The van der Waals surface area contributed by atoms with Gasteiger partial charge in [0.15, 0.2) is 0 Å². The number of fused-ring (bicyclic) bond motifs is 1. The molecule has 0 radical (unpaired) electrons. The van der Waals surface area contributed by atoms with Crippen molar-refractivity contribution in [2.45, 2.75) is 31.2 Å². The second-order valence-corrected chi connectivity index (χ2v) is 9.18. The van der Waals surface area contributed by atoms with Crippen molar-refractivity contribution in [3.05, 3.63) is 72.1 Å².